The molecular weight excluding hydrogens is 440 g/mol. The molecule has 0 aliphatic heterocycles. The summed E-state index contributed by atoms with van der Waals surface area (Å²) in [7, 11) is -3.95. The summed E-state index contributed by atoms with van der Waals surface area (Å²) in [5, 5.41) is 1.04. The maximum absolute atomic E-state index is 12.4. The summed E-state index contributed by atoms with van der Waals surface area (Å²) in [6.45, 7) is 0. The van der Waals surface area contributed by atoms with E-state index < -0.39 is 10.0 Å². The van der Waals surface area contributed by atoms with Crippen LogP contribution in [0.4, 0.5) is 5.95 Å². The van der Waals surface area contributed by atoms with Crippen LogP contribution in [0.3, 0.4) is 0 Å². The van der Waals surface area contributed by atoms with E-state index in [0.717, 1.165) is 5.56 Å². The summed E-state index contributed by atoms with van der Waals surface area (Å²) in [5.74, 6) is -0.168. The lowest BCUT2D eigenvalue weighted by atomic mass is 10.1. The van der Waals surface area contributed by atoms with Crippen molar-refractivity contribution in [3.05, 3.63) is 68.9 Å². The van der Waals surface area contributed by atoms with E-state index in [4.69, 9.17) is 46.4 Å². The molecule has 3 rings (SSSR count). The molecule has 0 saturated carbocycles. The van der Waals surface area contributed by atoms with Crippen LogP contribution in [-0.2, 0) is 10.0 Å². The van der Waals surface area contributed by atoms with Gasteiger partial charge in [0.15, 0.2) is 0 Å². The predicted octanol–water partition coefficient (Wildman–Crippen LogP) is 5.56. The van der Waals surface area contributed by atoms with Crippen molar-refractivity contribution in [3.8, 4) is 11.1 Å². The Bertz CT molecular complexity index is 1070. The molecule has 0 radical (unpaired) electrons. The number of sulfonamides is 1. The van der Waals surface area contributed by atoms with Gasteiger partial charge < -0.3 is 0 Å². The fourth-order valence-corrected chi connectivity index (χ4v) is 3.76. The van der Waals surface area contributed by atoms with E-state index in [1.807, 2.05) is 0 Å². The zero-order chi connectivity index (χ0) is 18.9. The van der Waals surface area contributed by atoms with Crippen molar-refractivity contribution in [2.24, 2.45) is 0 Å². The Morgan fingerprint density at radius 3 is 2.19 bits per heavy atom. The number of rotatable bonds is 4. The normalized spacial score (nSPS) is 11.4. The molecule has 0 saturated heterocycles. The van der Waals surface area contributed by atoms with Gasteiger partial charge in [-0.15, -0.1) is 0 Å². The molecule has 1 aromatic heterocycles. The maximum atomic E-state index is 12.4. The first-order valence-electron chi connectivity index (χ1n) is 7.02. The SMILES string of the molecule is O=S(=O)(Nc1ncc(-c2ccc(Cl)cc2)c(Cl)n1)c1ccc(Cl)c(Cl)c1. The predicted molar refractivity (Wildman–Crippen MR) is 105 cm³/mol. The van der Waals surface area contributed by atoms with Crippen LogP contribution in [0.2, 0.25) is 20.2 Å². The van der Waals surface area contributed by atoms with E-state index in [2.05, 4.69) is 14.7 Å². The van der Waals surface area contributed by atoms with Crippen molar-refractivity contribution >= 4 is 62.4 Å². The molecule has 0 spiro atoms. The first kappa shape index (κ1) is 19.2. The van der Waals surface area contributed by atoms with Gasteiger partial charge in [-0.25, -0.2) is 18.1 Å². The van der Waals surface area contributed by atoms with E-state index in [-0.39, 0.29) is 26.0 Å². The van der Waals surface area contributed by atoms with Gasteiger partial charge in [-0.1, -0.05) is 58.5 Å². The molecule has 26 heavy (non-hydrogen) atoms. The number of aromatic nitrogens is 2. The van der Waals surface area contributed by atoms with Gasteiger partial charge in [0.25, 0.3) is 10.0 Å². The van der Waals surface area contributed by atoms with Gasteiger partial charge in [0.1, 0.15) is 5.15 Å². The third-order valence-electron chi connectivity index (χ3n) is 3.32. The van der Waals surface area contributed by atoms with Crippen LogP contribution >= 0.6 is 46.4 Å². The molecule has 10 heteroatoms. The molecule has 0 aliphatic carbocycles. The van der Waals surface area contributed by atoms with E-state index in [1.54, 1.807) is 24.3 Å². The highest BCUT2D eigenvalue weighted by Gasteiger charge is 2.18. The van der Waals surface area contributed by atoms with E-state index in [1.165, 1.54) is 24.4 Å². The summed E-state index contributed by atoms with van der Waals surface area (Å²) in [6, 6.07) is 10.9. The highest BCUT2D eigenvalue weighted by atomic mass is 35.5. The number of halogens is 4. The van der Waals surface area contributed by atoms with Crippen LogP contribution in [0.15, 0.2) is 53.6 Å². The van der Waals surface area contributed by atoms with Crippen molar-refractivity contribution in [2.75, 3.05) is 4.72 Å². The van der Waals surface area contributed by atoms with Gasteiger partial charge in [0, 0.05) is 16.8 Å². The second-order valence-corrected chi connectivity index (χ2v) is 8.38. The van der Waals surface area contributed by atoms with Gasteiger partial charge >= 0.3 is 0 Å². The molecule has 0 unspecified atom stereocenters. The summed E-state index contributed by atoms with van der Waals surface area (Å²) in [6.07, 6.45) is 1.42. The number of nitrogens with one attached hydrogen (secondary N) is 1. The molecule has 1 heterocycles. The van der Waals surface area contributed by atoms with E-state index >= 15 is 0 Å². The molecule has 0 fully saturated rings. The Labute approximate surface area is 170 Å². The van der Waals surface area contributed by atoms with Crippen molar-refractivity contribution < 1.29 is 8.42 Å². The zero-order valence-corrected chi connectivity index (χ0v) is 16.6. The minimum absolute atomic E-state index is 0.0756. The number of hydrogen-bond acceptors (Lipinski definition) is 4. The Morgan fingerprint density at radius 2 is 1.58 bits per heavy atom. The zero-order valence-electron chi connectivity index (χ0n) is 12.7. The van der Waals surface area contributed by atoms with Gasteiger partial charge in [-0.2, -0.15) is 4.98 Å². The van der Waals surface area contributed by atoms with Gasteiger partial charge in [0.2, 0.25) is 5.95 Å². The van der Waals surface area contributed by atoms with Crippen LogP contribution in [0.1, 0.15) is 0 Å². The fourth-order valence-electron chi connectivity index (χ4n) is 2.06. The van der Waals surface area contributed by atoms with Crippen LogP contribution in [0, 0.1) is 0 Å². The molecular formula is C16H9Cl4N3O2S. The highest BCUT2D eigenvalue weighted by molar-refractivity contribution is 7.92. The Hall–Kier alpha value is -1.57. The van der Waals surface area contributed by atoms with Gasteiger partial charge in [0.05, 0.1) is 14.9 Å². The highest BCUT2D eigenvalue weighted by Crippen LogP contribution is 2.29. The Balaban J connectivity index is 1.89. The lowest BCUT2D eigenvalue weighted by Gasteiger charge is -2.09. The number of nitrogens with zero attached hydrogens (tertiary/aromatic N) is 2. The van der Waals surface area contributed by atoms with Crippen molar-refractivity contribution in [1.29, 1.82) is 0 Å². The van der Waals surface area contributed by atoms with E-state index in [9.17, 15) is 8.42 Å². The Morgan fingerprint density at radius 1 is 0.885 bits per heavy atom. The standard InChI is InChI=1S/C16H9Cl4N3O2S/c17-10-3-1-9(2-4-10)12-8-21-16(22-15(12)20)23-26(24,25)11-5-6-13(18)14(19)7-11/h1-8H,(H,21,22,23). The van der Waals surface area contributed by atoms with Crippen molar-refractivity contribution in [3.63, 3.8) is 0 Å². The minimum atomic E-state index is -3.95. The molecule has 3 aromatic rings. The van der Waals surface area contributed by atoms with Crippen molar-refractivity contribution in [1.82, 2.24) is 9.97 Å². The molecule has 5 nitrogen and oxygen atoms in total. The minimum Gasteiger partial charge on any atom is -0.247 e. The molecule has 1 N–H and O–H groups in total. The molecule has 2 aromatic carbocycles. The van der Waals surface area contributed by atoms with Crippen LogP contribution in [0.5, 0.6) is 0 Å². The topological polar surface area (TPSA) is 72.0 Å². The maximum Gasteiger partial charge on any atom is 0.264 e. The van der Waals surface area contributed by atoms with Gasteiger partial charge in [-0.05, 0) is 35.9 Å². The molecule has 0 bridgehead atoms. The molecule has 0 atom stereocenters. The lowest BCUT2D eigenvalue weighted by Crippen LogP contribution is -2.15. The summed E-state index contributed by atoms with van der Waals surface area (Å²) in [5.41, 5.74) is 1.29. The first-order chi connectivity index (χ1) is 12.3. The number of anilines is 1. The average molecular weight is 449 g/mol. The number of benzene rings is 2. The van der Waals surface area contributed by atoms with E-state index in [0.29, 0.717) is 10.6 Å². The quantitative estimate of drug-likeness (QED) is 0.530. The molecule has 134 valence electrons. The lowest BCUT2D eigenvalue weighted by molar-refractivity contribution is 0.601. The molecule has 0 amide bonds. The second-order valence-electron chi connectivity index (χ2n) is 5.09. The summed E-state index contributed by atoms with van der Waals surface area (Å²) < 4.78 is 27.1. The van der Waals surface area contributed by atoms with Crippen LogP contribution in [0.25, 0.3) is 11.1 Å². The smallest absolute Gasteiger partial charge is 0.247 e. The monoisotopic (exact) mass is 447 g/mol. The summed E-state index contributed by atoms with van der Waals surface area (Å²) in [4.78, 5) is 7.93. The average Bonchev–Trinajstić information content (AvgIpc) is 2.58. The second kappa shape index (κ2) is 7.58. The van der Waals surface area contributed by atoms with Crippen LogP contribution in [-0.4, -0.2) is 18.4 Å². The summed E-state index contributed by atoms with van der Waals surface area (Å²) >= 11 is 23.7. The third kappa shape index (κ3) is 4.22. The largest absolute Gasteiger partial charge is 0.264 e. The van der Waals surface area contributed by atoms with Gasteiger partial charge in [-0.3, -0.25) is 0 Å². The fraction of sp³-hybridized carbons (Fsp3) is 0. The van der Waals surface area contributed by atoms with Crippen molar-refractivity contribution in [2.45, 2.75) is 4.90 Å². The first-order valence-corrected chi connectivity index (χ1v) is 10.0. The number of hydrogen-bond donors (Lipinski definition) is 1. The van der Waals surface area contributed by atoms with Crippen LogP contribution < -0.4 is 4.72 Å². The Kier molecular flexibility index (Phi) is 5.60. The third-order valence-corrected chi connectivity index (χ3v) is 5.93. The molecule has 0 aliphatic rings.